The van der Waals surface area contributed by atoms with Gasteiger partial charge in [-0.1, -0.05) is 26.0 Å². The zero-order valence-corrected chi connectivity index (χ0v) is 17.0. The number of carbonyl (C=O) groups is 1. The minimum atomic E-state index is -0.238. The molecule has 0 unspecified atom stereocenters. The third kappa shape index (κ3) is 5.04. The van der Waals surface area contributed by atoms with Gasteiger partial charge in [-0.05, 0) is 47.9 Å². The molecule has 0 bridgehead atoms. The average molecular weight is 391 g/mol. The third-order valence-electron chi connectivity index (χ3n) is 4.51. The molecule has 0 aliphatic heterocycles. The van der Waals surface area contributed by atoms with Crippen molar-refractivity contribution in [1.29, 1.82) is 0 Å². The molecule has 6 heteroatoms. The van der Waals surface area contributed by atoms with Crippen molar-refractivity contribution in [3.63, 3.8) is 0 Å². The van der Waals surface area contributed by atoms with Crippen molar-refractivity contribution in [1.82, 2.24) is 4.98 Å². The first-order chi connectivity index (χ1) is 14.0. The van der Waals surface area contributed by atoms with E-state index in [1.54, 1.807) is 50.7 Å². The molecule has 0 saturated heterocycles. The number of hydrogen-bond acceptors (Lipinski definition) is 5. The number of methoxy groups -OCH3 is 2. The smallest absolute Gasteiger partial charge is 0.255 e. The number of rotatable bonds is 7. The number of carbonyl (C=O) groups excluding carboxylic acids is 1. The quantitative estimate of drug-likeness (QED) is 0.578. The summed E-state index contributed by atoms with van der Waals surface area (Å²) in [6.07, 6.45) is 1.61. The topological polar surface area (TPSA) is 72.5 Å². The maximum absolute atomic E-state index is 12.7. The first-order valence-corrected chi connectivity index (χ1v) is 9.36. The van der Waals surface area contributed by atoms with Gasteiger partial charge in [-0.15, -0.1) is 0 Å². The zero-order chi connectivity index (χ0) is 20.8. The molecule has 0 saturated carbocycles. The van der Waals surface area contributed by atoms with Crippen LogP contribution in [0, 0.1) is 0 Å². The lowest BCUT2D eigenvalue weighted by molar-refractivity contribution is 0.102. The highest BCUT2D eigenvalue weighted by Crippen LogP contribution is 2.30. The van der Waals surface area contributed by atoms with Gasteiger partial charge in [-0.2, -0.15) is 0 Å². The summed E-state index contributed by atoms with van der Waals surface area (Å²) in [6, 6.07) is 16.8. The minimum Gasteiger partial charge on any atom is -0.493 e. The molecule has 2 N–H and O–H groups in total. The number of nitrogens with zero attached hydrogens (tertiary/aromatic N) is 1. The Hall–Kier alpha value is -3.54. The number of amides is 1. The lowest BCUT2D eigenvalue weighted by Crippen LogP contribution is -2.12. The molecule has 0 atom stereocenters. The molecular formula is C23H25N3O3. The van der Waals surface area contributed by atoms with Gasteiger partial charge >= 0.3 is 0 Å². The second kappa shape index (κ2) is 9.10. The summed E-state index contributed by atoms with van der Waals surface area (Å²) in [6.45, 7) is 4.31. The average Bonchev–Trinajstić information content (AvgIpc) is 2.74. The Morgan fingerprint density at radius 1 is 0.897 bits per heavy atom. The van der Waals surface area contributed by atoms with Gasteiger partial charge in [-0.25, -0.2) is 4.98 Å². The van der Waals surface area contributed by atoms with Crippen molar-refractivity contribution in [2.45, 2.75) is 19.8 Å². The van der Waals surface area contributed by atoms with Gasteiger partial charge in [0.05, 0.1) is 14.2 Å². The number of anilines is 3. The molecule has 3 rings (SSSR count). The summed E-state index contributed by atoms with van der Waals surface area (Å²) in [7, 11) is 3.12. The van der Waals surface area contributed by atoms with E-state index in [9.17, 15) is 4.79 Å². The fraction of sp³-hybridized carbons (Fsp3) is 0.217. The molecule has 0 spiro atoms. The SMILES string of the molecule is COc1ccc(NC(=O)c2ccnc(Nc3ccc(C(C)C)cc3)c2)cc1OC. The maximum Gasteiger partial charge on any atom is 0.255 e. The van der Waals surface area contributed by atoms with Crippen LogP contribution in [0.25, 0.3) is 0 Å². The van der Waals surface area contributed by atoms with Crippen LogP contribution < -0.4 is 20.1 Å². The molecule has 3 aromatic rings. The van der Waals surface area contributed by atoms with Gasteiger partial charge < -0.3 is 20.1 Å². The highest BCUT2D eigenvalue weighted by atomic mass is 16.5. The Morgan fingerprint density at radius 2 is 1.59 bits per heavy atom. The van der Waals surface area contributed by atoms with Crippen LogP contribution in [0.3, 0.4) is 0 Å². The van der Waals surface area contributed by atoms with E-state index in [-0.39, 0.29) is 5.91 Å². The summed E-state index contributed by atoms with van der Waals surface area (Å²) in [4.78, 5) is 17.0. The Labute approximate surface area is 170 Å². The Kier molecular flexibility index (Phi) is 6.34. The Morgan fingerprint density at radius 3 is 2.24 bits per heavy atom. The number of aromatic nitrogens is 1. The van der Waals surface area contributed by atoms with Crippen LogP contribution in [0.4, 0.5) is 17.2 Å². The zero-order valence-electron chi connectivity index (χ0n) is 17.0. The number of pyridine rings is 1. The van der Waals surface area contributed by atoms with E-state index in [1.165, 1.54) is 5.56 Å². The minimum absolute atomic E-state index is 0.238. The summed E-state index contributed by atoms with van der Waals surface area (Å²) < 4.78 is 10.5. The van der Waals surface area contributed by atoms with Crippen LogP contribution in [0.2, 0.25) is 0 Å². The summed E-state index contributed by atoms with van der Waals surface area (Å²) >= 11 is 0. The highest BCUT2D eigenvalue weighted by molar-refractivity contribution is 6.04. The van der Waals surface area contributed by atoms with Gasteiger partial charge in [0.15, 0.2) is 11.5 Å². The van der Waals surface area contributed by atoms with Crippen LogP contribution in [-0.4, -0.2) is 25.1 Å². The number of hydrogen-bond donors (Lipinski definition) is 2. The van der Waals surface area contributed by atoms with E-state index in [1.807, 2.05) is 12.1 Å². The largest absolute Gasteiger partial charge is 0.493 e. The van der Waals surface area contributed by atoms with Crippen LogP contribution in [0.1, 0.15) is 35.7 Å². The van der Waals surface area contributed by atoms with Crippen molar-refractivity contribution < 1.29 is 14.3 Å². The van der Waals surface area contributed by atoms with Crippen molar-refractivity contribution in [2.24, 2.45) is 0 Å². The molecule has 1 amide bonds. The van der Waals surface area contributed by atoms with Crippen LogP contribution in [-0.2, 0) is 0 Å². The Balaban J connectivity index is 1.72. The van der Waals surface area contributed by atoms with Gasteiger partial charge in [0.1, 0.15) is 5.82 Å². The molecular weight excluding hydrogens is 366 g/mol. The first kappa shape index (κ1) is 20.2. The van der Waals surface area contributed by atoms with Gasteiger partial charge in [0.2, 0.25) is 0 Å². The number of ether oxygens (including phenoxy) is 2. The predicted molar refractivity (Wildman–Crippen MR) is 116 cm³/mol. The van der Waals surface area contributed by atoms with E-state index in [4.69, 9.17) is 9.47 Å². The van der Waals surface area contributed by atoms with E-state index in [0.717, 1.165) is 5.69 Å². The fourth-order valence-corrected chi connectivity index (χ4v) is 2.86. The number of nitrogens with one attached hydrogen (secondary N) is 2. The van der Waals surface area contributed by atoms with Crippen LogP contribution in [0.15, 0.2) is 60.8 Å². The van der Waals surface area contributed by atoms with E-state index < -0.39 is 0 Å². The molecule has 1 heterocycles. The van der Waals surface area contributed by atoms with Crippen molar-refractivity contribution in [3.05, 3.63) is 71.9 Å². The molecule has 6 nitrogen and oxygen atoms in total. The van der Waals surface area contributed by atoms with Gasteiger partial charge in [-0.3, -0.25) is 4.79 Å². The van der Waals surface area contributed by atoms with Crippen LogP contribution >= 0.6 is 0 Å². The van der Waals surface area contributed by atoms with Crippen molar-refractivity contribution >= 4 is 23.1 Å². The summed E-state index contributed by atoms with van der Waals surface area (Å²) in [5.41, 5.74) is 3.30. The second-order valence-electron chi connectivity index (χ2n) is 6.86. The van der Waals surface area contributed by atoms with Crippen LogP contribution in [0.5, 0.6) is 11.5 Å². The third-order valence-corrected chi connectivity index (χ3v) is 4.51. The second-order valence-corrected chi connectivity index (χ2v) is 6.86. The maximum atomic E-state index is 12.7. The Bertz CT molecular complexity index is 985. The number of benzene rings is 2. The highest BCUT2D eigenvalue weighted by Gasteiger charge is 2.10. The predicted octanol–water partition coefficient (Wildman–Crippen LogP) is 5.22. The van der Waals surface area contributed by atoms with Crippen molar-refractivity contribution in [3.8, 4) is 11.5 Å². The molecule has 1 aromatic heterocycles. The van der Waals surface area contributed by atoms with Crippen molar-refractivity contribution in [2.75, 3.05) is 24.9 Å². The molecule has 0 aliphatic rings. The van der Waals surface area contributed by atoms with E-state index in [2.05, 4.69) is 41.6 Å². The lowest BCUT2D eigenvalue weighted by atomic mass is 10.0. The molecule has 2 aromatic carbocycles. The summed E-state index contributed by atoms with van der Waals surface area (Å²) in [5.74, 6) is 1.99. The molecule has 29 heavy (non-hydrogen) atoms. The summed E-state index contributed by atoms with van der Waals surface area (Å²) in [5, 5.41) is 6.10. The molecule has 150 valence electrons. The monoisotopic (exact) mass is 391 g/mol. The molecule has 0 aliphatic carbocycles. The normalized spacial score (nSPS) is 10.5. The van der Waals surface area contributed by atoms with Gasteiger partial charge in [0, 0.05) is 29.2 Å². The van der Waals surface area contributed by atoms with E-state index >= 15 is 0 Å². The standard InChI is InChI=1S/C23H25N3O3/c1-15(2)16-5-7-18(8-6-16)25-22-13-17(11-12-24-22)23(27)26-19-9-10-20(28-3)21(14-19)29-4/h5-15H,1-4H3,(H,24,25)(H,26,27). The van der Waals surface area contributed by atoms with E-state index in [0.29, 0.717) is 34.5 Å². The lowest BCUT2D eigenvalue weighted by Gasteiger charge is -2.12. The first-order valence-electron chi connectivity index (χ1n) is 9.36. The fourth-order valence-electron chi connectivity index (χ4n) is 2.86. The molecule has 0 radical (unpaired) electrons. The molecule has 0 fully saturated rings. The van der Waals surface area contributed by atoms with Gasteiger partial charge in [0.25, 0.3) is 5.91 Å².